The lowest BCUT2D eigenvalue weighted by Crippen LogP contribution is -2.39. The van der Waals surface area contributed by atoms with Gasteiger partial charge in [0, 0.05) is 53.5 Å². The zero-order valence-corrected chi connectivity index (χ0v) is 29.9. The van der Waals surface area contributed by atoms with E-state index in [1.165, 1.54) is 6.20 Å². The van der Waals surface area contributed by atoms with Gasteiger partial charge in [-0.3, -0.25) is 20.4 Å². The number of pyridine rings is 2. The van der Waals surface area contributed by atoms with Crippen molar-refractivity contribution in [3.05, 3.63) is 126 Å². The molecule has 0 saturated heterocycles. The first-order valence-corrected chi connectivity index (χ1v) is 17.1. The maximum absolute atomic E-state index is 13.4. The van der Waals surface area contributed by atoms with Gasteiger partial charge in [-0.15, -0.1) is 0 Å². The molecular weight excluding hydrogens is 670 g/mol. The van der Waals surface area contributed by atoms with Crippen LogP contribution in [0.4, 0.5) is 26.9 Å². The van der Waals surface area contributed by atoms with Crippen LogP contribution in [-0.4, -0.2) is 50.8 Å². The standard InChI is InChI=1S/C40H41N9O4/c1-26-9-11-28(12-10-26)49-36(24-34(48-49)40(2,3)4)47-39(52)45-32-13-14-33(31-8-6-5-7-30(31)32)53-29-18-22-42-35(23-29)46-38(51)44-25-37(50)43-21-17-27-15-19-41-20-16-27/h5-16,18-20,22-24H,17,21,25H2,1-4H3,(H,43,50)(H2,45,47,52)(H2,42,44,46,51). The number of hydrogen-bond acceptors (Lipinski definition) is 7. The molecule has 0 spiro atoms. The Hall–Kier alpha value is -6.76. The summed E-state index contributed by atoms with van der Waals surface area (Å²) in [5, 5.41) is 20.2. The van der Waals surface area contributed by atoms with Crippen LogP contribution in [-0.2, 0) is 16.6 Å². The number of carbonyl (C=O) groups is 3. The quantitative estimate of drug-likeness (QED) is 0.0939. The second-order valence-corrected chi connectivity index (χ2v) is 13.4. The average Bonchev–Trinajstić information content (AvgIpc) is 3.57. The molecule has 0 atom stereocenters. The molecule has 0 aliphatic rings. The van der Waals surface area contributed by atoms with Gasteiger partial charge in [-0.2, -0.15) is 5.10 Å². The number of hydrogen-bond donors (Lipinski definition) is 5. The predicted octanol–water partition coefficient (Wildman–Crippen LogP) is 7.34. The molecule has 6 aromatic rings. The van der Waals surface area contributed by atoms with Crippen molar-refractivity contribution in [1.29, 1.82) is 0 Å². The Morgan fingerprint density at radius 2 is 1.53 bits per heavy atom. The summed E-state index contributed by atoms with van der Waals surface area (Å²) in [6.07, 6.45) is 5.56. The molecular formula is C40H41N9O4. The number of carbonyl (C=O) groups excluding carboxylic acids is 3. The lowest BCUT2D eigenvalue weighted by Gasteiger charge is -2.15. The average molecular weight is 712 g/mol. The molecule has 3 heterocycles. The highest BCUT2D eigenvalue weighted by atomic mass is 16.5. The summed E-state index contributed by atoms with van der Waals surface area (Å²) in [5.41, 5.74) is 4.20. The van der Waals surface area contributed by atoms with Crippen LogP contribution < -0.4 is 31.3 Å². The van der Waals surface area contributed by atoms with Gasteiger partial charge in [0.1, 0.15) is 23.1 Å². The van der Waals surface area contributed by atoms with Crippen molar-refractivity contribution in [3.63, 3.8) is 0 Å². The lowest BCUT2D eigenvalue weighted by molar-refractivity contribution is -0.120. The van der Waals surface area contributed by atoms with E-state index >= 15 is 0 Å². The van der Waals surface area contributed by atoms with E-state index in [0.717, 1.165) is 33.3 Å². The van der Waals surface area contributed by atoms with Gasteiger partial charge in [-0.25, -0.2) is 19.3 Å². The van der Waals surface area contributed by atoms with Crippen molar-refractivity contribution in [3.8, 4) is 17.2 Å². The van der Waals surface area contributed by atoms with Crippen molar-refractivity contribution < 1.29 is 19.1 Å². The molecule has 53 heavy (non-hydrogen) atoms. The van der Waals surface area contributed by atoms with E-state index in [2.05, 4.69) is 57.3 Å². The predicted molar refractivity (Wildman–Crippen MR) is 206 cm³/mol. The molecule has 0 aliphatic carbocycles. The van der Waals surface area contributed by atoms with Crippen LogP contribution in [0.1, 0.15) is 37.6 Å². The van der Waals surface area contributed by atoms with Crippen LogP contribution in [0.25, 0.3) is 16.5 Å². The van der Waals surface area contributed by atoms with Gasteiger partial charge in [-0.05, 0) is 61.4 Å². The van der Waals surface area contributed by atoms with E-state index < -0.39 is 12.1 Å². The maximum atomic E-state index is 13.4. The lowest BCUT2D eigenvalue weighted by atomic mass is 9.92. The topological polar surface area (TPSA) is 164 Å². The summed E-state index contributed by atoms with van der Waals surface area (Å²) in [5.74, 6) is 1.41. The summed E-state index contributed by atoms with van der Waals surface area (Å²) in [6.45, 7) is 8.48. The summed E-state index contributed by atoms with van der Waals surface area (Å²) < 4.78 is 7.97. The highest BCUT2D eigenvalue weighted by Gasteiger charge is 2.22. The Labute approximate surface area is 307 Å². The van der Waals surface area contributed by atoms with Crippen molar-refractivity contribution in [2.45, 2.75) is 39.5 Å². The zero-order chi connectivity index (χ0) is 37.4. The SMILES string of the molecule is Cc1ccc(-n2nc(C(C)(C)C)cc2NC(=O)Nc2ccc(Oc3ccnc(NC(=O)NCC(=O)NCCc4ccncc4)c3)c3ccccc23)cc1. The highest BCUT2D eigenvalue weighted by Crippen LogP contribution is 2.35. The van der Waals surface area contributed by atoms with E-state index in [9.17, 15) is 14.4 Å². The molecule has 5 N–H and O–H groups in total. The van der Waals surface area contributed by atoms with Gasteiger partial charge in [0.05, 0.1) is 23.6 Å². The van der Waals surface area contributed by atoms with E-state index in [1.807, 2.05) is 73.7 Å². The van der Waals surface area contributed by atoms with E-state index in [1.54, 1.807) is 41.3 Å². The first kappa shape index (κ1) is 36.0. The summed E-state index contributed by atoms with van der Waals surface area (Å²) in [7, 11) is 0. The number of benzene rings is 3. The third-order valence-electron chi connectivity index (χ3n) is 8.23. The Kier molecular flexibility index (Phi) is 10.9. The number of fused-ring (bicyclic) bond motifs is 1. The molecule has 0 bridgehead atoms. The van der Waals surface area contributed by atoms with Gasteiger partial charge in [0.2, 0.25) is 5.91 Å². The number of anilines is 3. The largest absolute Gasteiger partial charge is 0.457 e. The minimum Gasteiger partial charge on any atom is -0.457 e. The molecule has 13 heteroatoms. The zero-order valence-electron chi connectivity index (χ0n) is 29.9. The van der Waals surface area contributed by atoms with Crippen LogP contribution in [0, 0.1) is 6.92 Å². The fraction of sp³-hybridized carbons (Fsp3) is 0.200. The highest BCUT2D eigenvalue weighted by molar-refractivity contribution is 6.07. The van der Waals surface area contributed by atoms with Crippen LogP contribution in [0.15, 0.2) is 110 Å². The molecule has 3 aromatic carbocycles. The smallest absolute Gasteiger partial charge is 0.324 e. The molecule has 5 amide bonds. The molecule has 0 saturated carbocycles. The molecule has 270 valence electrons. The van der Waals surface area contributed by atoms with Crippen LogP contribution >= 0.6 is 0 Å². The second kappa shape index (κ2) is 16.1. The van der Waals surface area contributed by atoms with E-state index in [-0.39, 0.29) is 23.7 Å². The first-order chi connectivity index (χ1) is 25.5. The van der Waals surface area contributed by atoms with E-state index in [4.69, 9.17) is 9.84 Å². The number of nitrogens with zero attached hydrogens (tertiary/aromatic N) is 4. The van der Waals surface area contributed by atoms with Gasteiger partial charge in [-0.1, -0.05) is 62.7 Å². The van der Waals surface area contributed by atoms with Crippen LogP contribution in [0.5, 0.6) is 11.5 Å². The van der Waals surface area contributed by atoms with Gasteiger partial charge in [0.25, 0.3) is 0 Å². The Balaban J connectivity index is 1.09. The first-order valence-electron chi connectivity index (χ1n) is 17.1. The molecule has 13 nitrogen and oxygen atoms in total. The van der Waals surface area contributed by atoms with Crippen LogP contribution in [0.2, 0.25) is 0 Å². The molecule has 0 fully saturated rings. The fourth-order valence-electron chi connectivity index (χ4n) is 5.41. The molecule has 0 unspecified atom stereocenters. The number of urea groups is 2. The van der Waals surface area contributed by atoms with Crippen LogP contribution in [0.3, 0.4) is 0 Å². The monoisotopic (exact) mass is 711 g/mol. The molecule has 0 aliphatic heterocycles. The summed E-state index contributed by atoms with van der Waals surface area (Å²) >= 11 is 0. The molecule has 6 rings (SSSR count). The number of rotatable bonds is 11. The molecule has 0 radical (unpaired) electrons. The minimum atomic E-state index is -0.588. The van der Waals surface area contributed by atoms with Gasteiger partial charge >= 0.3 is 12.1 Å². The maximum Gasteiger partial charge on any atom is 0.324 e. The number of aromatic nitrogens is 4. The number of nitrogens with one attached hydrogen (secondary N) is 5. The minimum absolute atomic E-state index is 0.197. The number of amides is 5. The van der Waals surface area contributed by atoms with Crippen molar-refractivity contribution >= 4 is 46.1 Å². The van der Waals surface area contributed by atoms with E-state index in [0.29, 0.717) is 36.0 Å². The Bertz CT molecular complexity index is 2230. The van der Waals surface area contributed by atoms with Crippen molar-refractivity contribution in [1.82, 2.24) is 30.4 Å². The Morgan fingerprint density at radius 3 is 2.28 bits per heavy atom. The number of aryl methyl sites for hydroxylation is 1. The number of ether oxygens (including phenoxy) is 1. The summed E-state index contributed by atoms with van der Waals surface area (Å²) in [6, 6.07) is 26.9. The summed E-state index contributed by atoms with van der Waals surface area (Å²) in [4.78, 5) is 46.3. The van der Waals surface area contributed by atoms with Gasteiger partial charge in [0.15, 0.2) is 0 Å². The van der Waals surface area contributed by atoms with Crippen molar-refractivity contribution in [2.75, 3.05) is 29.0 Å². The third kappa shape index (κ3) is 9.52. The third-order valence-corrected chi connectivity index (χ3v) is 8.23. The van der Waals surface area contributed by atoms with Crippen molar-refractivity contribution in [2.24, 2.45) is 0 Å². The Morgan fingerprint density at radius 1 is 0.774 bits per heavy atom. The molecule has 3 aromatic heterocycles. The normalized spacial score (nSPS) is 11.1. The van der Waals surface area contributed by atoms with Gasteiger partial charge < -0.3 is 20.7 Å². The second-order valence-electron chi connectivity index (χ2n) is 13.4. The fourth-order valence-corrected chi connectivity index (χ4v) is 5.41.